The lowest BCUT2D eigenvalue weighted by atomic mass is 10.2. The number of hydrogen-bond acceptors (Lipinski definition) is 4. The summed E-state index contributed by atoms with van der Waals surface area (Å²) in [5.74, 6) is 0.105. The number of rotatable bonds is 5. The van der Waals surface area contributed by atoms with E-state index in [9.17, 15) is 9.59 Å². The lowest BCUT2D eigenvalue weighted by molar-refractivity contribution is -0.117. The van der Waals surface area contributed by atoms with Crippen LogP contribution in [0.1, 0.15) is 18.4 Å². The molecule has 1 amide bonds. The van der Waals surface area contributed by atoms with Gasteiger partial charge in [0, 0.05) is 12.3 Å². The predicted octanol–water partition coefficient (Wildman–Crippen LogP) is 1.98. The summed E-state index contributed by atoms with van der Waals surface area (Å²) in [5, 5.41) is 4.57. The highest BCUT2D eigenvalue weighted by Gasteiger charge is 2.12. The minimum atomic E-state index is -0.377. The van der Waals surface area contributed by atoms with E-state index in [4.69, 9.17) is 11.6 Å². The van der Waals surface area contributed by atoms with Crippen molar-refractivity contribution in [3.8, 4) is 5.69 Å². The van der Waals surface area contributed by atoms with Gasteiger partial charge in [-0.05, 0) is 25.5 Å². The Bertz CT molecular complexity index is 930. The summed E-state index contributed by atoms with van der Waals surface area (Å²) in [5.41, 5.74) is 4.50. The number of hydrogen-bond donors (Lipinski definition) is 1. The van der Waals surface area contributed by atoms with Crippen molar-refractivity contribution < 1.29 is 4.79 Å². The number of aromatic nitrogens is 4. The van der Waals surface area contributed by atoms with Gasteiger partial charge in [0.05, 0.1) is 11.9 Å². The first-order valence-electron chi connectivity index (χ1n) is 7.48. The molecule has 0 saturated heterocycles. The quantitative estimate of drug-likeness (QED) is 0.717. The van der Waals surface area contributed by atoms with E-state index >= 15 is 0 Å². The van der Waals surface area contributed by atoms with Crippen LogP contribution in [0.25, 0.3) is 16.7 Å². The van der Waals surface area contributed by atoms with Crippen molar-refractivity contribution in [1.82, 2.24) is 19.4 Å². The molecule has 8 heteroatoms. The van der Waals surface area contributed by atoms with Crippen molar-refractivity contribution in [3.63, 3.8) is 0 Å². The molecule has 0 aliphatic heterocycles. The van der Waals surface area contributed by atoms with Gasteiger partial charge < -0.3 is 0 Å². The minimum Gasteiger partial charge on any atom is -0.273 e. The number of nitrogens with zero attached hydrogens (tertiary/aromatic N) is 4. The lowest BCUT2D eigenvalue weighted by Crippen LogP contribution is -2.33. The van der Waals surface area contributed by atoms with E-state index in [2.05, 4.69) is 15.5 Å². The van der Waals surface area contributed by atoms with Crippen molar-refractivity contribution in [1.29, 1.82) is 0 Å². The van der Waals surface area contributed by atoms with Crippen LogP contribution in [0, 0.1) is 6.92 Å². The fraction of sp³-hybridized carbons (Fsp3) is 0.250. The zero-order chi connectivity index (χ0) is 17.1. The van der Waals surface area contributed by atoms with Crippen LogP contribution in [0.2, 0.25) is 0 Å². The highest BCUT2D eigenvalue weighted by Crippen LogP contribution is 2.14. The summed E-state index contributed by atoms with van der Waals surface area (Å²) in [6.07, 6.45) is 3.53. The maximum absolute atomic E-state index is 12.5. The Labute approximate surface area is 142 Å². The average Bonchev–Trinajstić information content (AvgIpc) is 3.01. The summed E-state index contributed by atoms with van der Waals surface area (Å²) >= 11 is 5.56. The normalized spacial score (nSPS) is 10.9. The van der Waals surface area contributed by atoms with Crippen molar-refractivity contribution in [2.24, 2.45) is 0 Å². The monoisotopic (exact) mass is 345 g/mol. The van der Waals surface area contributed by atoms with Crippen molar-refractivity contribution in [2.75, 3.05) is 11.3 Å². The summed E-state index contributed by atoms with van der Waals surface area (Å²) < 4.78 is 2.66. The zero-order valence-corrected chi connectivity index (χ0v) is 13.8. The molecule has 3 aromatic rings. The Hall–Kier alpha value is -2.67. The van der Waals surface area contributed by atoms with Gasteiger partial charge in [0.25, 0.3) is 5.56 Å². The molecule has 0 atom stereocenters. The SMILES string of the molecule is Cc1ccc(-n2ncc3c(=O)n(NC(=O)CCCCl)cnc32)cc1. The average molecular weight is 346 g/mol. The van der Waals surface area contributed by atoms with E-state index in [0.717, 1.165) is 15.9 Å². The van der Waals surface area contributed by atoms with Gasteiger partial charge in [-0.15, -0.1) is 11.6 Å². The Morgan fingerprint density at radius 3 is 2.75 bits per heavy atom. The molecule has 0 aliphatic carbocycles. The number of amides is 1. The number of aryl methyl sites for hydroxylation is 1. The third-order valence-corrected chi connectivity index (χ3v) is 3.82. The second kappa shape index (κ2) is 6.84. The van der Waals surface area contributed by atoms with Crippen LogP contribution < -0.4 is 11.0 Å². The number of fused-ring (bicyclic) bond motifs is 1. The van der Waals surface area contributed by atoms with Crippen molar-refractivity contribution >= 4 is 28.5 Å². The van der Waals surface area contributed by atoms with E-state index in [1.807, 2.05) is 31.2 Å². The molecule has 1 N–H and O–H groups in total. The zero-order valence-electron chi connectivity index (χ0n) is 13.1. The van der Waals surface area contributed by atoms with Crippen LogP contribution in [0.3, 0.4) is 0 Å². The summed E-state index contributed by atoms with van der Waals surface area (Å²) in [6.45, 7) is 1.99. The molecule has 0 aliphatic rings. The molecule has 0 spiro atoms. The first-order chi connectivity index (χ1) is 11.6. The van der Waals surface area contributed by atoms with Gasteiger partial charge in [0.2, 0.25) is 5.91 Å². The van der Waals surface area contributed by atoms with Crippen LogP contribution in [0.15, 0.2) is 41.6 Å². The van der Waals surface area contributed by atoms with E-state index in [-0.39, 0.29) is 17.9 Å². The molecule has 0 unspecified atom stereocenters. The molecule has 2 heterocycles. The summed E-state index contributed by atoms with van der Waals surface area (Å²) in [6, 6.07) is 7.73. The van der Waals surface area contributed by atoms with E-state index in [0.29, 0.717) is 23.3 Å². The Morgan fingerprint density at radius 1 is 1.29 bits per heavy atom. The number of carbonyl (C=O) groups excluding carboxylic acids is 1. The Kier molecular flexibility index (Phi) is 4.61. The number of carbonyl (C=O) groups is 1. The maximum atomic E-state index is 12.5. The molecule has 0 radical (unpaired) electrons. The second-order valence-corrected chi connectivity index (χ2v) is 5.75. The van der Waals surface area contributed by atoms with Gasteiger partial charge in [0.1, 0.15) is 11.7 Å². The molecule has 2 aromatic heterocycles. The molecule has 0 fully saturated rings. The Balaban J connectivity index is 1.95. The van der Waals surface area contributed by atoms with Crippen LogP contribution in [0.4, 0.5) is 0 Å². The highest BCUT2D eigenvalue weighted by atomic mass is 35.5. The van der Waals surface area contributed by atoms with Gasteiger partial charge in [-0.3, -0.25) is 15.0 Å². The van der Waals surface area contributed by atoms with Gasteiger partial charge in [0.15, 0.2) is 5.65 Å². The molecule has 0 saturated carbocycles. The number of halogens is 1. The molecule has 0 bridgehead atoms. The van der Waals surface area contributed by atoms with E-state index in [1.165, 1.54) is 12.5 Å². The third-order valence-electron chi connectivity index (χ3n) is 3.55. The lowest BCUT2D eigenvalue weighted by Gasteiger charge is -2.07. The van der Waals surface area contributed by atoms with E-state index < -0.39 is 0 Å². The third kappa shape index (κ3) is 3.16. The largest absolute Gasteiger partial charge is 0.283 e. The Morgan fingerprint density at radius 2 is 2.04 bits per heavy atom. The first kappa shape index (κ1) is 16.2. The summed E-state index contributed by atoms with van der Waals surface area (Å²) in [4.78, 5) is 28.5. The van der Waals surface area contributed by atoms with Crippen molar-refractivity contribution in [3.05, 3.63) is 52.7 Å². The van der Waals surface area contributed by atoms with E-state index in [1.54, 1.807) is 4.68 Å². The number of alkyl halides is 1. The predicted molar refractivity (Wildman–Crippen MR) is 92.2 cm³/mol. The molecule has 7 nitrogen and oxygen atoms in total. The number of nitrogens with one attached hydrogen (secondary N) is 1. The van der Waals surface area contributed by atoms with Crippen molar-refractivity contribution in [2.45, 2.75) is 19.8 Å². The fourth-order valence-electron chi connectivity index (χ4n) is 2.28. The van der Waals surface area contributed by atoms with Crippen LogP contribution in [0.5, 0.6) is 0 Å². The van der Waals surface area contributed by atoms with Crippen LogP contribution in [-0.4, -0.2) is 31.2 Å². The summed E-state index contributed by atoms with van der Waals surface area (Å²) in [7, 11) is 0. The molecule has 24 heavy (non-hydrogen) atoms. The van der Waals surface area contributed by atoms with Crippen LogP contribution >= 0.6 is 11.6 Å². The minimum absolute atomic E-state index is 0.247. The number of benzene rings is 1. The molecule has 124 valence electrons. The molecule has 3 rings (SSSR count). The van der Waals surface area contributed by atoms with Gasteiger partial charge >= 0.3 is 0 Å². The van der Waals surface area contributed by atoms with Crippen LogP contribution in [-0.2, 0) is 4.79 Å². The van der Waals surface area contributed by atoms with Gasteiger partial charge in [-0.2, -0.15) is 5.10 Å². The highest BCUT2D eigenvalue weighted by molar-refractivity contribution is 6.17. The molecular weight excluding hydrogens is 330 g/mol. The smallest absolute Gasteiger partial charge is 0.273 e. The molecular formula is C16H16ClN5O2. The maximum Gasteiger partial charge on any atom is 0.283 e. The topological polar surface area (TPSA) is 81.8 Å². The van der Waals surface area contributed by atoms with Gasteiger partial charge in [-0.1, -0.05) is 17.7 Å². The van der Waals surface area contributed by atoms with Gasteiger partial charge in [-0.25, -0.2) is 14.3 Å². The fourth-order valence-corrected chi connectivity index (χ4v) is 2.42. The standard InChI is InChI=1S/C16H16ClN5O2/c1-11-4-6-12(7-5-11)22-15-13(9-19-22)16(24)21(10-18-15)20-14(23)3-2-8-17/h4-7,9-10H,2-3,8H2,1H3,(H,20,23). The first-order valence-corrected chi connectivity index (χ1v) is 8.02. The second-order valence-electron chi connectivity index (χ2n) is 5.38. The molecule has 1 aromatic carbocycles.